The van der Waals surface area contributed by atoms with Crippen molar-refractivity contribution in [3.05, 3.63) is 59.7 Å². The third kappa shape index (κ3) is 3.83. The van der Waals surface area contributed by atoms with E-state index < -0.39 is 10.0 Å². The van der Waals surface area contributed by atoms with E-state index in [0.29, 0.717) is 5.69 Å². The first-order chi connectivity index (χ1) is 9.92. The standard InChI is InChI=1S/C16H20N2O2S/c1-3-13-7-9-15(10-8-13)18-21(19,20)16-6-4-5-14(11-16)12(2)17/h4-12,18H,3,17H2,1-2H3. The molecule has 112 valence electrons. The minimum atomic E-state index is -3.59. The Labute approximate surface area is 126 Å². The van der Waals surface area contributed by atoms with Crippen molar-refractivity contribution < 1.29 is 8.42 Å². The first-order valence-electron chi connectivity index (χ1n) is 6.89. The molecule has 0 amide bonds. The van der Waals surface area contributed by atoms with Crippen molar-refractivity contribution in [3.8, 4) is 0 Å². The minimum Gasteiger partial charge on any atom is -0.324 e. The van der Waals surface area contributed by atoms with Crippen LogP contribution in [0.3, 0.4) is 0 Å². The molecule has 0 bridgehead atoms. The summed E-state index contributed by atoms with van der Waals surface area (Å²) in [4.78, 5) is 0.219. The molecule has 2 aromatic carbocycles. The van der Waals surface area contributed by atoms with Crippen molar-refractivity contribution in [3.63, 3.8) is 0 Å². The Morgan fingerprint density at radius 3 is 2.38 bits per heavy atom. The molecule has 2 rings (SSSR count). The second-order valence-corrected chi connectivity index (χ2v) is 6.70. The second-order valence-electron chi connectivity index (χ2n) is 5.02. The number of benzene rings is 2. The highest BCUT2D eigenvalue weighted by atomic mass is 32.2. The number of rotatable bonds is 5. The Morgan fingerprint density at radius 2 is 1.81 bits per heavy atom. The summed E-state index contributed by atoms with van der Waals surface area (Å²) < 4.78 is 27.3. The second kappa shape index (κ2) is 6.28. The van der Waals surface area contributed by atoms with Crippen molar-refractivity contribution >= 4 is 15.7 Å². The number of hydrogen-bond acceptors (Lipinski definition) is 3. The predicted octanol–water partition coefficient (Wildman–Crippen LogP) is 3.07. The lowest BCUT2D eigenvalue weighted by Crippen LogP contribution is -2.14. The maximum Gasteiger partial charge on any atom is 0.261 e. The third-order valence-electron chi connectivity index (χ3n) is 3.31. The summed E-state index contributed by atoms with van der Waals surface area (Å²) in [7, 11) is -3.59. The molecule has 4 nitrogen and oxygen atoms in total. The van der Waals surface area contributed by atoms with Gasteiger partial charge in [0.15, 0.2) is 0 Å². The fourth-order valence-electron chi connectivity index (χ4n) is 1.99. The number of nitrogens with one attached hydrogen (secondary N) is 1. The maximum absolute atomic E-state index is 12.4. The number of nitrogens with two attached hydrogens (primary N) is 1. The molecule has 0 fully saturated rings. The van der Waals surface area contributed by atoms with E-state index >= 15 is 0 Å². The van der Waals surface area contributed by atoms with Crippen LogP contribution in [0.5, 0.6) is 0 Å². The molecule has 0 saturated heterocycles. The van der Waals surface area contributed by atoms with Crippen molar-refractivity contribution in [2.45, 2.75) is 31.2 Å². The molecule has 0 saturated carbocycles. The van der Waals surface area contributed by atoms with Crippen molar-refractivity contribution in [1.82, 2.24) is 0 Å². The quantitative estimate of drug-likeness (QED) is 0.891. The number of sulfonamides is 1. The molecule has 0 aliphatic heterocycles. The third-order valence-corrected chi connectivity index (χ3v) is 4.69. The van der Waals surface area contributed by atoms with Gasteiger partial charge in [0.05, 0.1) is 4.90 Å². The summed E-state index contributed by atoms with van der Waals surface area (Å²) in [5.74, 6) is 0. The highest BCUT2D eigenvalue weighted by Gasteiger charge is 2.15. The predicted molar refractivity (Wildman–Crippen MR) is 85.7 cm³/mol. The molecule has 2 aromatic rings. The van der Waals surface area contributed by atoms with Gasteiger partial charge < -0.3 is 5.73 Å². The first kappa shape index (κ1) is 15.5. The largest absolute Gasteiger partial charge is 0.324 e. The van der Waals surface area contributed by atoms with Gasteiger partial charge in [0.25, 0.3) is 10.0 Å². The molecule has 1 atom stereocenters. The van der Waals surface area contributed by atoms with Crippen LogP contribution in [0.25, 0.3) is 0 Å². The van der Waals surface area contributed by atoms with Gasteiger partial charge in [-0.3, -0.25) is 4.72 Å². The average Bonchev–Trinajstić information content (AvgIpc) is 2.48. The van der Waals surface area contributed by atoms with Gasteiger partial charge in [-0.05, 0) is 48.7 Å². The van der Waals surface area contributed by atoms with Crippen LogP contribution in [0, 0.1) is 0 Å². The molecular formula is C16H20N2O2S. The molecule has 0 aliphatic carbocycles. The van der Waals surface area contributed by atoms with Gasteiger partial charge >= 0.3 is 0 Å². The molecule has 3 N–H and O–H groups in total. The van der Waals surface area contributed by atoms with Gasteiger partial charge in [0.1, 0.15) is 0 Å². The van der Waals surface area contributed by atoms with Gasteiger partial charge in [0, 0.05) is 11.7 Å². The van der Waals surface area contributed by atoms with Crippen LogP contribution in [-0.2, 0) is 16.4 Å². The zero-order valence-corrected chi connectivity index (χ0v) is 13.0. The first-order valence-corrected chi connectivity index (χ1v) is 8.38. The summed E-state index contributed by atoms with van der Waals surface area (Å²) in [6.07, 6.45) is 0.920. The molecule has 0 aliphatic rings. The van der Waals surface area contributed by atoms with Crippen LogP contribution in [0.1, 0.15) is 31.0 Å². The van der Waals surface area contributed by atoms with E-state index in [4.69, 9.17) is 5.73 Å². The van der Waals surface area contributed by atoms with E-state index in [1.54, 1.807) is 30.3 Å². The SMILES string of the molecule is CCc1ccc(NS(=O)(=O)c2cccc(C(C)N)c2)cc1. The Morgan fingerprint density at radius 1 is 1.14 bits per heavy atom. The lowest BCUT2D eigenvalue weighted by molar-refractivity contribution is 0.601. The van der Waals surface area contributed by atoms with Crippen LogP contribution >= 0.6 is 0 Å². The maximum atomic E-state index is 12.4. The zero-order valence-electron chi connectivity index (χ0n) is 12.2. The highest BCUT2D eigenvalue weighted by molar-refractivity contribution is 7.92. The molecule has 0 aromatic heterocycles. The Hall–Kier alpha value is -1.85. The van der Waals surface area contributed by atoms with Crippen LogP contribution in [0.2, 0.25) is 0 Å². The van der Waals surface area contributed by atoms with Crippen LogP contribution < -0.4 is 10.5 Å². The zero-order chi connectivity index (χ0) is 15.5. The van der Waals surface area contributed by atoms with Gasteiger partial charge in [-0.2, -0.15) is 0 Å². The highest BCUT2D eigenvalue weighted by Crippen LogP contribution is 2.19. The molecule has 5 heteroatoms. The van der Waals surface area contributed by atoms with Gasteiger partial charge in [0.2, 0.25) is 0 Å². The Balaban J connectivity index is 2.27. The van der Waals surface area contributed by atoms with Crippen LogP contribution in [0.15, 0.2) is 53.4 Å². The molecule has 0 radical (unpaired) electrons. The topological polar surface area (TPSA) is 72.2 Å². The van der Waals surface area contributed by atoms with Crippen molar-refractivity contribution in [2.75, 3.05) is 4.72 Å². The van der Waals surface area contributed by atoms with E-state index in [9.17, 15) is 8.42 Å². The van der Waals surface area contributed by atoms with Crippen LogP contribution in [-0.4, -0.2) is 8.42 Å². The van der Waals surface area contributed by atoms with Crippen molar-refractivity contribution in [2.24, 2.45) is 5.73 Å². The smallest absolute Gasteiger partial charge is 0.261 e. The van der Waals surface area contributed by atoms with Gasteiger partial charge in [-0.1, -0.05) is 31.2 Å². The van der Waals surface area contributed by atoms with Gasteiger partial charge in [-0.15, -0.1) is 0 Å². The molecule has 21 heavy (non-hydrogen) atoms. The lowest BCUT2D eigenvalue weighted by Gasteiger charge is -2.11. The van der Waals surface area contributed by atoms with E-state index in [1.807, 2.05) is 25.1 Å². The average molecular weight is 304 g/mol. The summed E-state index contributed by atoms with van der Waals surface area (Å²) in [5.41, 5.74) is 8.30. The van der Waals surface area contributed by atoms with E-state index in [1.165, 1.54) is 0 Å². The normalized spacial score (nSPS) is 12.9. The lowest BCUT2D eigenvalue weighted by atomic mass is 10.1. The van der Waals surface area contributed by atoms with Gasteiger partial charge in [-0.25, -0.2) is 8.42 Å². The van der Waals surface area contributed by atoms with E-state index in [0.717, 1.165) is 17.5 Å². The molecule has 0 spiro atoms. The van der Waals surface area contributed by atoms with E-state index in [2.05, 4.69) is 11.6 Å². The summed E-state index contributed by atoms with van der Waals surface area (Å²) in [6, 6.07) is 13.9. The van der Waals surface area contributed by atoms with Crippen molar-refractivity contribution in [1.29, 1.82) is 0 Å². The summed E-state index contributed by atoms with van der Waals surface area (Å²) in [5, 5.41) is 0. The van der Waals surface area contributed by atoms with E-state index in [-0.39, 0.29) is 10.9 Å². The fraction of sp³-hybridized carbons (Fsp3) is 0.250. The molecule has 1 unspecified atom stereocenters. The minimum absolute atomic E-state index is 0.205. The monoisotopic (exact) mass is 304 g/mol. The number of aryl methyl sites for hydroxylation is 1. The Kier molecular flexibility index (Phi) is 4.65. The number of hydrogen-bond donors (Lipinski definition) is 2. The number of anilines is 1. The molecule has 0 heterocycles. The van der Waals surface area contributed by atoms with Crippen LogP contribution in [0.4, 0.5) is 5.69 Å². The molecular weight excluding hydrogens is 284 g/mol. The fourth-order valence-corrected chi connectivity index (χ4v) is 3.10. The Bertz CT molecular complexity index is 707. The summed E-state index contributed by atoms with van der Waals surface area (Å²) in [6.45, 7) is 3.88. The summed E-state index contributed by atoms with van der Waals surface area (Å²) >= 11 is 0.